The van der Waals surface area contributed by atoms with Crippen molar-refractivity contribution in [2.24, 2.45) is 0 Å². The van der Waals surface area contributed by atoms with Gasteiger partial charge >= 0.3 is 0 Å². The molecule has 0 radical (unpaired) electrons. The van der Waals surface area contributed by atoms with Crippen LogP contribution in [0.5, 0.6) is 5.75 Å². The van der Waals surface area contributed by atoms with Gasteiger partial charge in [0, 0.05) is 36.6 Å². The lowest BCUT2D eigenvalue weighted by molar-refractivity contribution is 0.0995. The van der Waals surface area contributed by atoms with Gasteiger partial charge in [-0.3, -0.25) is 9.69 Å². The minimum Gasteiger partial charge on any atom is -0.494 e. The molecule has 4 rings (SSSR count). The third kappa shape index (κ3) is 5.49. The number of aryl methyl sites for hydroxylation is 1. The number of hydrogen-bond donors (Lipinski definition) is 1. The Bertz CT molecular complexity index is 1020. The van der Waals surface area contributed by atoms with Gasteiger partial charge in [0.2, 0.25) is 0 Å². The summed E-state index contributed by atoms with van der Waals surface area (Å²) in [7, 11) is 0. The molecule has 1 unspecified atom stereocenters. The molecule has 176 valence electrons. The summed E-state index contributed by atoms with van der Waals surface area (Å²) < 4.78 is 11.0. The predicted octanol–water partition coefficient (Wildman–Crippen LogP) is 5.28. The van der Waals surface area contributed by atoms with Crippen molar-refractivity contribution < 1.29 is 13.9 Å². The fourth-order valence-corrected chi connectivity index (χ4v) is 5.37. The SMILES string of the molecule is CCOc1ccc(C(c2cc(CC)sc2NC(=O)c2ccco2)N2CCN(CC)CC2)cc1. The van der Waals surface area contributed by atoms with Crippen LogP contribution in [0.15, 0.2) is 53.1 Å². The number of likely N-dealkylation sites (N-methyl/N-ethyl adjacent to an activating group) is 1. The smallest absolute Gasteiger partial charge is 0.291 e. The highest BCUT2D eigenvalue weighted by molar-refractivity contribution is 7.16. The molecule has 1 saturated heterocycles. The van der Waals surface area contributed by atoms with Crippen molar-refractivity contribution in [2.75, 3.05) is 44.6 Å². The number of thiophene rings is 1. The zero-order valence-corrected chi connectivity index (χ0v) is 20.5. The van der Waals surface area contributed by atoms with Crippen molar-refractivity contribution in [2.45, 2.75) is 33.2 Å². The van der Waals surface area contributed by atoms with Gasteiger partial charge in [0.1, 0.15) is 10.8 Å². The molecule has 2 aromatic heterocycles. The largest absolute Gasteiger partial charge is 0.494 e. The molecule has 0 spiro atoms. The summed E-state index contributed by atoms with van der Waals surface area (Å²) in [6, 6.07) is 14.1. The van der Waals surface area contributed by atoms with Crippen LogP contribution in [-0.4, -0.2) is 55.0 Å². The minimum absolute atomic E-state index is 0.0585. The van der Waals surface area contributed by atoms with Crippen LogP contribution in [0.25, 0.3) is 0 Å². The van der Waals surface area contributed by atoms with Crippen LogP contribution in [0.1, 0.15) is 53.4 Å². The van der Waals surface area contributed by atoms with Crippen molar-refractivity contribution in [1.29, 1.82) is 0 Å². The number of nitrogens with zero attached hydrogens (tertiary/aromatic N) is 2. The molecule has 1 amide bonds. The molecule has 1 N–H and O–H groups in total. The Morgan fingerprint density at radius 1 is 1.12 bits per heavy atom. The van der Waals surface area contributed by atoms with Crippen molar-refractivity contribution in [3.63, 3.8) is 0 Å². The number of anilines is 1. The number of benzene rings is 1. The van der Waals surface area contributed by atoms with E-state index in [1.807, 2.05) is 19.1 Å². The maximum absolute atomic E-state index is 12.8. The lowest BCUT2D eigenvalue weighted by atomic mass is 9.97. The number of piperazine rings is 1. The van der Waals surface area contributed by atoms with Crippen LogP contribution in [0, 0.1) is 0 Å². The number of carbonyl (C=O) groups is 1. The maximum atomic E-state index is 12.8. The number of hydrogen-bond acceptors (Lipinski definition) is 6. The summed E-state index contributed by atoms with van der Waals surface area (Å²) in [6.07, 6.45) is 2.45. The quantitative estimate of drug-likeness (QED) is 0.464. The molecule has 7 heteroatoms. The van der Waals surface area contributed by atoms with Gasteiger partial charge in [-0.15, -0.1) is 11.3 Å². The van der Waals surface area contributed by atoms with E-state index >= 15 is 0 Å². The first-order valence-electron chi connectivity index (χ1n) is 11.8. The molecule has 1 atom stereocenters. The number of ether oxygens (including phenoxy) is 1. The molecule has 3 heterocycles. The van der Waals surface area contributed by atoms with Crippen molar-refractivity contribution in [3.8, 4) is 5.75 Å². The first-order chi connectivity index (χ1) is 16.1. The second-order valence-electron chi connectivity index (χ2n) is 8.16. The summed E-state index contributed by atoms with van der Waals surface area (Å²) in [4.78, 5) is 19.1. The lowest BCUT2D eigenvalue weighted by Gasteiger charge is -2.39. The number of rotatable bonds is 9. The standard InChI is InChI=1S/C26H33N3O3S/c1-4-21-18-22(26(33-21)27-25(30)23-8-7-17-32-23)24(29-15-13-28(5-2)14-16-29)19-9-11-20(12-10-19)31-6-3/h7-12,17-18,24H,4-6,13-16H2,1-3H3,(H,27,30). The molecular weight excluding hydrogens is 434 g/mol. The molecule has 33 heavy (non-hydrogen) atoms. The number of nitrogens with one attached hydrogen (secondary N) is 1. The van der Waals surface area contributed by atoms with Gasteiger partial charge in [-0.25, -0.2) is 0 Å². The monoisotopic (exact) mass is 467 g/mol. The van der Waals surface area contributed by atoms with E-state index in [-0.39, 0.29) is 11.9 Å². The zero-order valence-electron chi connectivity index (χ0n) is 19.7. The summed E-state index contributed by atoms with van der Waals surface area (Å²) in [6.45, 7) is 12.1. The lowest BCUT2D eigenvalue weighted by Crippen LogP contribution is -2.47. The van der Waals surface area contributed by atoms with Gasteiger partial charge in [-0.05, 0) is 55.8 Å². The second-order valence-corrected chi connectivity index (χ2v) is 9.29. The van der Waals surface area contributed by atoms with E-state index in [0.29, 0.717) is 12.4 Å². The summed E-state index contributed by atoms with van der Waals surface area (Å²) >= 11 is 1.65. The van der Waals surface area contributed by atoms with Crippen molar-refractivity contribution >= 4 is 22.2 Å². The summed E-state index contributed by atoms with van der Waals surface area (Å²) in [5.41, 5.74) is 2.35. The number of furan rings is 1. The van der Waals surface area contributed by atoms with E-state index in [0.717, 1.165) is 55.5 Å². The van der Waals surface area contributed by atoms with E-state index in [1.165, 1.54) is 16.7 Å². The Balaban J connectivity index is 1.70. The van der Waals surface area contributed by atoms with E-state index < -0.39 is 0 Å². The molecule has 1 fully saturated rings. The average Bonchev–Trinajstić information content (AvgIpc) is 3.52. The van der Waals surface area contributed by atoms with Crippen LogP contribution < -0.4 is 10.1 Å². The molecule has 0 bridgehead atoms. The Morgan fingerprint density at radius 2 is 1.88 bits per heavy atom. The normalized spacial score (nSPS) is 16.0. The van der Waals surface area contributed by atoms with Gasteiger partial charge in [0.05, 0.1) is 18.9 Å². The van der Waals surface area contributed by atoms with Gasteiger partial charge in [-0.1, -0.05) is 26.0 Å². The Hall–Kier alpha value is -2.61. The highest BCUT2D eigenvalue weighted by atomic mass is 32.1. The third-order valence-electron chi connectivity index (χ3n) is 6.15. The Labute approximate surface area is 200 Å². The van der Waals surface area contributed by atoms with Crippen LogP contribution in [0.3, 0.4) is 0 Å². The average molecular weight is 468 g/mol. The Kier molecular flexibility index (Phi) is 7.85. The summed E-state index contributed by atoms with van der Waals surface area (Å²) in [5, 5.41) is 4.03. The first-order valence-corrected chi connectivity index (χ1v) is 12.6. The highest BCUT2D eigenvalue weighted by Gasteiger charge is 2.30. The van der Waals surface area contributed by atoms with Gasteiger partial charge < -0.3 is 19.4 Å². The fourth-order valence-electron chi connectivity index (χ4n) is 4.34. The van der Waals surface area contributed by atoms with E-state index in [4.69, 9.17) is 9.15 Å². The molecule has 0 saturated carbocycles. The van der Waals surface area contributed by atoms with Crippen LogP contribution in [0.4, 0.5) is 5.00 Å². The first kappa shape index (κ1) is 23.5. The maximum Gasteiger partial charge on any atom is 0.291 e. The highest BCUT2D eigenvalue weighted by Crippen LogP contribution is 2.40. The van der Waals surface area contributed by atoms with Gasteiger partial charge in [0.15, 0.2) is 5.76 Å². The number of amides is 1. The molecule has 1 aliphatic heterocycles. The van der Waals surface area contributed by atoms with Crippen LogP contribution >= 0.6 is 11.3 Å². The van der Waals surface area contributed by atoms with Crippen molar-refractivity contribution in [1.82, 2.24) is 9.80 Å². The molecule has 3 aromatic rings. The minimum atomic E-state index is -0.216. The zero-order chi connectivity index (χ0) is 23.2. The van der Waals surface area contributed by atoms with Gasteiger partial charge in [-0.2, -0.15) is 0 Å². The van der Waals surface area contributed by atoms with Crippen LogP contribution in [0.2, 0.25) is 0 Å². The second kappa shape index (κ2) is 11.0. The molecule has 1 aromatic carbocycles. The van der Waals surface area contributed by atoms with Gasteiger partial charge in [0.25, 0.3) is 5.91 Å². The topological polar surface area (TPSA) is 58.0 Å². The van der Waals surface area contributed by atoms with Crippen molar-refractivity contribution in [3.05, 3.63) is 70.5 Å². The molecular formula is C26H33N3O3S. The Morgan fingerprint density at radius 3 is 2.48 bits per heavy atom. The molecule has 6 nitrogen and oxygen atoms in total. The van der Waals surface area contributed by atoms with E-state index in [9.17, 15) is 4.79 Å². The fraction of sp³-hybridized carbons (Fsp3) is 0.423. The number of carbonyl (C=O) groups excluding carboxylic acids is 1. The van der Waals surface area contributed by atoms with Crippen LogP contribution in [-0.2, 0) is 6.42 Å². The van der Waals surface area contributed by atoms with E-state index in [2.05, 4.69) is 47.2 Å². The van der Waals surface area contributed by atoms with E-state index in [1.54, 1.807) is 23.5 Å². The predicted molar refractivity (Wildman–Crippen MR) is 133 cm³/mol. The third-order valence-corrected chi connectivity index (χ3v) is 7.36. The summed E-state index contributed by atoms with van der Waals surface area (Å²) in [5.74, 6) is 0.982. The molecule has 0 aliphatic carbocycles. The molecule has 1 aliphatic rings.